The Hall–Kier alpha value is -0.990. The van der Waals surface area contributed by atoms with Crippen LogP contribution in [0.1, 0.15) is 25.6 Å². The van der Waals surface area contributed by atoms with Gasteiger partial charge < -0.3 is 9.47 Å². The summed E-state index contributed by atoms with van der Waals surface area (Å²) in [5.41, 5.74) is 2.47. The van der Waals surface area contributed by atoms with E-state index in [1.54, 1.807) is 0 Å². The van der Waals surface area contributed by atoms with E-state index < -0.39 is 0 Å². The summed E-state index contributed by atoms with van der Waals surface area (Å²) in [5, 5.41) is 2.06. The van der Waals surface area contributed by atoms with E-state index >= 15 is 0 Å². The molecule has 1 aromatic heterocycles. The van der Waals surface area contributed by atoms with Crippen molar-refractivity contribution in [2.24, 2.45) is 0 Å². The molecule has 2 nitrogen and oxygen atoms in total. The fraction of sp³-hybridized carbons (Fsp3) is 0.429. The third kappa shape index (κ3) is 2.33. The minimum atomic E-state index is 0.419. The summed E-state index contributed by atoms with van der Waals surface area (Å²) >= 11 is 6.32. The summed E-state index contributed by atoms with van der Waals surface area (Å²) in [5.74, 6) is 0. The molecule has 2 aromatic rings. The van der Waals surface area contributed by atoms with Gasteiger partial charge in [0.05, 0.1) is 10.5 Å². The van der Waals surface area contributed by atoms with Crippen molar-refractivity contribution in [1.82, 2.24) is 9.47 Å². The Morgan fingerprint density at radius 3 is 2.59 bits per heavy atom. The lowest BCUT2D eigenvalue weighted by Crippen LogP contribution is -2.15. The molecule has 0 spiro atoms. The standard InChI is InChI=1S/C14H19ClN2/c1-10(2)17-12(9-16(3)4)8-11-6-5-7-13(15)14(11)17/h5-8,10H,9H2,1-4H3. The zero-order chi connectivity index (χ0) is 12.6. The van der Waals surface area contributed by atoms with Gasteiger partial charge in [-0.15, -0.1) is 0 Å². The molecule has 0 fully saturated rings. The molecule has 0 amide bonds. The van der Waals surface area contributed by atoms with Gasteiger partial charge in [-0.05, 0) is 40.1 Å². The van der Waals surface area contributed by atoms with E-state index in [9.17, 15) is 0 Å². The highest BCUT2D eigenvalue weighted by molar-refractivity contribution is 6.35. The van der Waals surface area contributed by atoms with Crippen molar-refractivity contribution in [3.63, 3.8) is 0 Å². The van der Waals surface area contributed by atoms with Crippen LogP contribution in [0.5, 0.6) is 0 Å². The third-order valence-corrected chi connectivity index (χ3v) is 3.19. The number of halogens is 1. The minimum Gasteiger partial charge on any atom is -0.340 e. The Bertz CT molecular complexity index is 526. The summed E-state index contributed by atoms with van der Waals surface area (Å²) in [6.07, 6.45) is 0. The summed E-state index contributed by atoms with van der Waals surface area (Å²) in [6, 6.07) is 8.75. The van der Waals surface area contributed by atoms with Crippen LogP contribution >= 0.6 is 11.6 Å². The van der Waals surface area contributed by atoms with Gasteiger partial charge in [0.25, 0.3) is 0 Å². The van der Waals surface area contributed by atoms with Crippen LogP contribution in [0.4, 0.5) is 0 Å². The molecule has 0 N–H and O–H groups in total. The van der Waals surface area contributed by atoms with Crippen LogP contribution < -0.4 is 0 Å². The molecule has 0 radical (unpaired) electrons. The van der Waals surface area contributed by atoms with Crippen molar-refractivity contribution in [2.75, 3.05) is 14.1 Å². The molecule has 3 heteroatoms. The Labute approximate surface area is 108 Å². The van der Waals surface area contributed by atoms with Gasteiger partial charge in [-0.2, -0.15) is 0 Å². The van der Waals surface area contributed by atoms with E-state index in [1.165, 1.54) is 11.1 Å². The van der Waals surface area contributed by atoms with Crippen LogP contribution in [0.3, 0.4) is 0 Å². The van der Waals surface area contributed by atoms with Crippen molar-refractivity contribution in [2.45, 2.75) is 26.4 Å². The zero-order valence-corrected chi connectivity index (χ0v) is 11.6. The van der Waals surface area contributed by atoms with Crippen LogP contribution in [-0.4, -0.2) is 23.6 Å². The maximum atomic E-state index is 6.32. The third-order valence-electron chi connectivity index (χ3n) is 2.89. The number of nitrogens with zero attached hydrogens (tertiary/aromatic N) is 2. The molecule has 0 aliphatic rings. The first-order valence-corrected chi connectivity index (χ1v) is 6.31. The van der Waals surface area contributed by atoms with Crippen LogP contribution in [-0.2, 0) is 6.54 Å². The van der Waals surface area contributed by atoms with Crippen molar-refractivity contribution in [1.29, 1.82) is 0 Å². The normalized spacial score (nSPS) is 11.9. The molecular formula is C14H19ClN2. The van der Waals surface area contributed by atoms with Crippen molar-refractivity contribution in [3.05, 3.63) is 35.0 Å². The van der Waals surface area contributed by atoms with Gasteiger partial charge in [0.1, 0.15) is 0 Å². The molecule has 0 saturated heterocycles. The van der Waals surface area contributed by atoms with Crippen LogP contribution in [0.15, 0.2) is 24.3 Å². The molecular weight excluding hydrogens is 232 g/mol. The molecule has 92 valence electrons. The lowest BCUT2D eigenvalue weighted by atomic mass is 10.2. The number of hydrogen-bond donors (Lipinski definition) is 0. The highest BCUT2D eigenvalue weighted by atomic mass is 35.5. The first-order valence-electron chi connectivity index (χ1n) is 5.93. The quantitative estimate of drug-likeness (QED) is 0.801. The molecule has 1 aromatic carbocycles. The molecule has 0 atom stereocenters. The summed E-state index contributed by atoms with van der Waals surface area (Å²) in [4.78, 5) is 2.18. The van der Waals surface area contributed by atoms with E-state index in [4.69, 9.17) is 11.6 Å². The van der Waals surface area contributed by atoms with Gasteiger partial charge in [0.2, 0.25) is 0 Å². The molecule has 0 aliphatic carbocycles. The lowest BCUT2D eigenvalue weighted by Gasteiger charge is -2.17. The first-order chi connectivity index (χ1) is 8.00. The second-order valence-corrected chi connectivity index (χ2v) is 5.42. The van der Waals surface area contributed by atoms with Gasteiger partial charge in [-0.3, -0.25) is 0 Å². The summed E-state index contributed by atoms with van der Waals surface area (Å²) in [6.45, 7) is 5.33. The lowest BCUT2D eigenvalue weighted by molar-refractivity contribution is 0.384. The van der Waals surface area contributed by atoms with Crippen molar-refractivity contribution >= 4 is 22.5 Å². The summed E-state index contributed by atoms with van der Waals surface area (Å²) < 4.78 is 2.33. The zero-order valence-electron chi connectivity index (χ0n) is 10.9. The highest BCUT2D eigenvalue weighted by Crippen LogP contribution is 2.30. The fourth-order valence-corrected chi connectivity index (χ4v) is 2.60. The van der Waals surface area contributed by atoms with E-state index in [1.807, 2.05) is 12.1 Å². The molecule has 2 rings (SSSR count). The first kappa shape index (κ1) is 12.5. The van der Waals surface area contributed by atoms with Crippen LogP contribution in [0.2, 0.25) is 5.02 Å². The van der Waals surface area contributed by atoms with Gasteiger partial charge >= 0.3 is 0 Å². The molecule has 17 heavy (non-hydrogen) atoms. The van der Waals surface area contributed by atoms with Gasteiger partial charge in [-0.25, -0.2) is 0 Å². The average Bonchev–Trinajstić information content (AvgIpc) is 2.56. The van der Waals surface area contributed by atoms with Crippen LogP contribution in [0.25, 0.3) is 10.9 Å². The van der Waals surface area contributed by atoms with E-state index in [0.29, 0.717) is 6.04 Å². The minimum absolute atomic E-state index is 0.419. The topological polar surface area (TPSA) is 8.17 Å². The number of rotatable bonds is 3. The van der Waals surface area contributed by atoms with E-state index in [2.05, 4.69) is 49.5 Å². The van der Waals surface area contributed by atoms with Gasteiger partial charge in [0, 0.05) is 23.7 Å². The smallest absolute Gasteiger partial charge is 0.0674 e. The Balaban J connectivity index is 2.67. The van der Waals surface area contributed by atoms with Gasteiger partial charge in [0.15, 0.2) is 0 Å². The number of fused-ring (bicyclic) bond motifs is 1. The molecule has 0 unspecified atom stereocenters. The maximum absolute atomic E-state index is 6.32. The monoisotopic (exact) mass is 250 g/mol. The number of benzene rings is 1. The molecule has 0 aliphatic heterocycles. The van der Waals surface area contributed by atoms with Crippen molar-refractivity contribution in [3.8, 4) is 0 Å². The second-order valence-electron chi connectivity index (χ2n) is 5.01. The highest BCUT2D eigenvalue weighted by Gasteiger charge is 2.13. The average molecular weight is 251 g/mol. The predicted octanol–water partition coefficient (Wildman–Crippen LogP) is 3.94. The van der Waals surface area contributed by atoms with E-state index in [-0.39, 0.29) is 0 Å². The largest absolute Gasteiger partial charge is 0.340 e. The van der Waals surface area contributed by atoms with Gasteiger partial charge in [-0.1, -0.05) is 23.7 Å². The fourth-order valence-electron chi connectivity index (χ4n) is 2.33. The Morgan fingerprint density at radius 2 is 2.00 bits per heavy atom. The number of hydrogen-bond acceptors (Lipinski definition) is 1. The molecule has 0 saturated carbocycles. The number of aromatic nitrogens is 1. The molecule has 0 bridgehead atoms. The predicted molar refractivity (Wildman–Crippen MR) is 74.7 cm³/mol. The van der Waals surface area contributed by atoms with E-state index in [0.717, 1.165) is 17.1 Å². The van der Waals surface area contributed by atoms with Crippen LogP contribution in [0, 0.1) is 0 Å². The van der Waals surface area contributed by atoms with Crippen molar-refractivity contribution < 1.29 is 0 Å². The SMILES string of the molecule is CC(C)n1c(CN(C)C)cc2cccc(Cl)c21. The Morgan fingerprint density at radius 1 is 1.29 bits per heavy atom. The Kier molecular flexibility index (Phi) is 3.45. The summed E-state index contributed by atoms with van der Waals surface area (Å²) in [7, 11) is 4.17. The second kappa shape index (κ2) is 4.71. The maximum Gasteiger partial charge on any atom is 0.0674 e. The molecule has 1 heterocycles. The number of para-hydroxylation sites is 1.